The third-order valence-electron chi connectivity index (χ3n) is 19.2. The van der Waals surface area contributed by atoms with Gasteiger partial charge in [-0.15, -0.1) is 11.8 Å². The number of carboxylic acids is 1. The molecule has 20 N–H and O–H groups in total. The van der Waals surface area contributed by atoms with Gasteiger partial charge >= 0.3 is 5.97 Å². The number of aliphatic hydroxyl groups is 4. The van der Waals surface area contributed by atoms with Crippen LogP contribution >= 0.6 is 11.8 Å². The van der Waals surface area contributed by atoms with Gasteiger partial charge in [-0.05, 0) is 67.3 Å². The van der Waals surface area contributed by atoms with Crippen LogP contribution in [-0.4, -0.2) is 283 Å². The Morgan fingerprint density at radius 3 is 1.48 bits per heavy atom. The zero-order chi connectivity index (χ0) is 85.8. The molecule has 15 atom stereocenters. The molecule has 39 heteroatoms. The molecular formula is C77H102N16O22S. The number of likely N-dealkylation sites (N-methyl/N-ethyl adjacent to an activating group) is 2. The molecular weight excluding hydrogens is 1530 g/mol. The number of thioether (sulfide) groups is 1. The lowest BCUT2D eigenvalue weighted by molar-refractivity contribution is -0.146. The van der Waals surface area contributed by atoms with Gasteiger partial charge in [-0.25, -0.2) is 0 Å². The molecule has 1 unspecified atom stereocenters. The number of carboxylic acid groups (broad SMARTS) is 1. The highest BCUT2D eigenvalue weighted by Gasteiger charge is 2.43. The Labute approximate surface area is 672 Å². The van der Waals surface area contributed by atoms with E-state index in [1.807, 2.05) is 30.3 Å². The van der Waals surface area contributed by atoms with Gasteiger partial charge < -0.3 is 110 Å². The monoisotopic (exact) mass is 1630 g/mol. The first-order valence-corrected chi connectivity index (χ1v) is 38.4. The number of primary amides is 2. The number of amides is 16. The molecule has 6 rings (SSSR count). The van der Waals surface area contributed by atoms with Crippen molar-refractivity contribution >= 4 is 112 Å². The van der Waals surface area contributed by atoms with E-state index in [2.05, 4.69) is 58.5 Å². The van der Waals surface area contributed by atoms with E-state index in [0.717, 1.165) is 58.5 Å². The average Bonchev–Trinajstić information content (AvgIpc) is 1.42. The molecule has 2 fully saturated rings. The fourth-order valence-electron chi connectivity index (χ4n) is 12.6. The molecule has 2 heterocycles. The van der Waals surface area contributed by atoms with E-state index in [-0.39, 0.29) is 38.6 Å². The van der Waals surface area contributed by atoms with Gasteiger partial charge in [0.15, 0.2) is 0 Å². The Balaban J connectivity index is 1.41. The van der Waals surface area contributed by atoms with Crippen molar-refractivity contribution in [2.75, 3.05) is 51.9 Å². The summed E-state index contributed by atoms with van der Waals surface area (Å²) in [4.78, 5) is 241. The number of nitrogens with zero attached hydrogens (tertiary/aromatic N) is 3. The first-order valence-electron chi connectivity index (χ1n) is 37.2. The molecule has 2 aliphatic rings. The predicted octanol–water partition coefficient (Wildman–Crippen LogP) is -6.01. The van der Waals surface area contributed by atoms with Crippen LogP contribution < -0.4 is 70.0 Å². The quantitative estimate of drug-likeness (QED) is 0.0416. The van der Waals surface area contributed by atoms with Crippen molar-refractivity contribution in [3.8, 4) is 11.1 Å². The van der Waals surface area contributed by atoms with Gasteiger partial charge in [0.25, 0.3) is 0 Å². The van der Waals surface area contributed by atoms with E-state index < -0.39 is 241 Å². The standard InChI is InChI=1S/C77H102N16O22S/c1-40(2)62-72(110)83-51(34-61(101)102)69(107)89-64(43(5)97)74(112)90-63(42(4)96)73(111)86-53(36-94)76(114)92(7)57(32-45-20-13-9-14-21-45)71(109)84-52(31-46-25-27-48(28-26-46)47-22-15-10-16-23-47)75(113)91(6)41(3)65(103)82-50(33-58(78)98)67(105)85-54(37-95)77(115)93-29-17-24-56(93)70(108)87-55(66(104)80-35-59(79)99)38-116-39-60(100)81-49(68(106)88-62)30-44-18-11-8-12-19-44/h8-16,18-23,25-28,40-43,49-57,62-64,94-97H,17,24,29-39H2,1-7H3,(H2,78,98)(H2,79,99)(H,80,104)(H,81,100)(H,82,103)(H,83,110)(H,84,109)(H,85,105)(H,86,111)(H,87,108)(H,88,106)(H,89,107)(H,90,112)(H,101,102)/t41-,42+,43+,49-,50-,51-,52-,53-,54-,55-,56-,57-,62?,63-,64-/m0/s1. The molecule has 38 nitrogen and oxygen atoms in total. The number of hydrogen-bond acceptors (Lipinski definition) is 22. The predicted molar refractivity (Wildman–Crippen MR) is 417 cm³/mol. The maximum atomic E-state index is 15.2. The van der Waals surface area contributed by atoms with Crippen LogP contribution in [0.5, 0.6) is 0 Å². The molecule has 16 amide bonds. The summed E-state index contributed by atoms with van der Waals surface area (Å²) < 4.78 is 0. The summed E-state index contributed by atoms with van der Waals surface area (Å²) in [7, 11) is 2.30. The van der Waals surface area contributed by atoms with Crippen molar-refractivity contribution < 1.29 is 107 Å². The minimum Gasteiger partial charge on any atom is -0.481 e. The number of hydrogen-bond donors (Lipinski definition) is 18. The fourth-order valence-corrected chi connectivity index (χ4v) is 13.4. The summed E-state index contributed by atoms with van der Waals surface area (Å²) >= 11 is 0.740. The summed E-state index contributed by atoms with van der Waals surface area (Å²) in [6.07, 6.45) is -6.65. The maximum Gasteiger partial charge on any atom is 0.305 e. The van der Waals surface area contributed by atoms with Crippen molar-refractivity contribution in [3.63, 3.8) is 0 Å². The molecule has 2 saturated heterocycles. The minimum atomic E-state index is -2.12. The number of aliphatic hydroxyl groups excluding tert-OH is 4. The third-order valence-corrected chi connectivity index (χ3v) is 20.2. The van der Waals surface area contributed by atoms with Crippen molar-refractivity contribution in [1.29, 1.82) is 0 Å². The Hall–Kier alpha value is -11.9. The number of rotatable bonds is 19. The molecule has 0 aromatic heterocycles. The number of aliphatic carboxylic acids is 1. The Morgan fingerprint density at radius 2 is 0.931 bits per heavy atom. The largest absolute Gasteiger partial charge is 0.481 e. The van der Waals surface area contributed by atoms with Gasteiger partial charge in [-0.1, -0.05) is 129 Å². The molecule has 0 spiro atoms. The van der Waals surface area contributed by atoms with Crippen LogP contribution in [-0.2, 0) is 101 Å². The van der Waals surface area contributed by atoms with Crippen LogP contribution in [0, 0.1) is 5.92 Å². The number of nitrogens with two attached hydrogens (primary N) is 2. The van der Waals surface area contributed by atoms with Crippen molar-refractivity contribution in [2.24, 2.45) is 17.4 Å². The van der Waals surface area contributed by atoms with E-state index in [0.29, 0.717) is 16.7 Å². The lowest BCUT2D eigenvalue weighted by Crippen LogP contribution is -2.64. The molecule has 0 radical (unpaired) electrons. The first kappa shape index (κ1) is 92.9. The van der Waals surface area contributed by atoms with Crippen LogP contribution in [0.2, 0.25) is 0 Å². The van der Waals surface area contributed by atoms with E-state index in [9.17, 15) is 97.5 Å². The SMILES string of the molecule is CC(C)C1NC(=O)[C@H](Cc2ccccc2)NC(=O)CSC[C@@H](C(=O)NCC(N)=O)NC(=O)[C@@H]2CCCN2C(=O)[C@H](CO)NC(=O)[C@H](CC(N)=O)NC(=O)[C@H](C)N(C)C(=O)[C@H](Cc2ccc(-c3ccccc3)cc2)NC(=O)[C@H](Cc2ccccc2)N(C)C(=O)[C@H](CO)NC(=O)[C@H]([C@@H](C)O)NC(=O)[C@H]([C@@H](C)O)NC(=O)[C@H](CC(=O)O)NC1=O. The second-order valence-corrected chi connectivity index (χ2v) is 29.5. The Morgan fingerprint density at radius 1 is 0.483 bits per heavy atom. The Kier molecular flexibility index (Phi) is 35.8. The average molecular weight is 1640 g/mol. The molecule has 0 bridgehead atoms. The molecule has 2 aliphatic heterocycles. The number of nitrogens with one attached hydrogen (secondary N) is 11. The van der Waals surface area contributed by atoms with Gasteiger partial charge in [0.1, 0.15) is 78.5 Å². The second kappa shape index (κ2) is 44.6. The third kappa shape index (κ3) is 27.4. The minimum absolute atomic E-state index is 0.0548. The van der Waals surface area contributed by atoms with Crippen LogP contribution in [0.4, 0.5) is 0 Å². The number of benzene rings is 4. The number of carbonyl (C=O) groups is 17. The smallest absolute Gasteiger partial charge is 0.305 e. The Bertz CT molecular complexity index is 4170. The fraction of sp³-hybridized carbons (Fsp3) is 0.468. The first-order chi connectivity index (χ1) is 54.9. The van der Waals surface area contributed by atoms with Crippen molar-refractivity contribution in [1.82, 2.24) is 73.2 Å². The normalized spacial score (nSPS) is 25.1. The summed E-state index contributed by atoms with van der Waals surface area (Å²) in [5.41, 5.74) is 13.9. The molecule has 4 aromatic carbocycles. The van der Waals surface area contributed by atoms with Crippen LogP contribution in [0.3, 0.4) is 0 Å². The molecule has 628 valence electrons. The topological polar surface area (TPSA) is 585 Å². The highest BCUT2D eigenvalue weighted by atomic mass is 32.2. The second-order valence-electron chi connectivity index (χ2n) is 28.4. The molecule has 116 heavy (non-hydrogen) atoms. The summed E-state index contributed by atoms with van der Waals surface area (Å²) in [6, 6.07) is 9.15. The van der Waals surface area contributed by atoms with Gasteiger partial charge in [-0.3, -0.25) is 81.5 Å². The molecule has 0 aliphatic carbocycles. The van der Waals surface area contributed by atoms with Crippen molar-refractivity contribution in [3.05, 3.63) is 132 Å². The summed E-state index contributed by atoms with van der Waals surface area (Å²) in [6.45, 7) is 2.95. The number of fused-ring (bicyclic) bond motifs is 1. The van der Waals surface area contributed by atoms with E-state index in [1.165, 1.54) is 27.8 Å². The zero-order valence-electron chi connectivity index (χ0n) is 65.0. The van der Waals surface area contributed by atoms with Gasteiger partial charge in [0.2, 0.25) is 94.5 Å². The van der Waals surface area contributed by atoms with Gasteiger partial charge in [-0.2, -0.15) is 0 Å². The van der Waals surface area contributed by atoms with Gasteiger partial charge in [0.05, 0.1) is 50.6 Å². The highest BCUT2D eigenvalue weighted by molar-refractivity contribution is 8.00. The summed E-state index contributed by atoms with van der Waals surface area (Å²) in [5, 5.41) is 79.6. The lowest BCUT2D eigenvalue weighted by Gasteiger charge is -2.34. The summed E-state index contributed by atoms with van der Waals surface area (Å²) in [5.74, 6) is -21.4. The molecule has 4 aromatic rings. The number of carbonyl (C=O) groups excluding carboxylic acids is 16. The lowest BCUT2D eigenvalue weighted by atomic mass is 9.98. The van der Waals surface area contributed by atoms with Crippen LogP contribution in [0.1, 0.15) is 77.0 Å². The maximum absolute atomic E-state index is 15.2. The van der Waals surface area contributed by atoms with E-state index in [1.54, 1.807) is 84.9 Å². The van der Waals surface area contributed by atoms with E-state index in [4.69, 9.17) is 11.5 Å². The highest BCUT2D eigenvalue weighted by Crippen LogP contribution is 2.23. The zero-order valence-corrected chi connectivity index (χ0v) is 65.8. The van der Waals surface area contributed by atoms with Crippen LogP contribution in [0.15, 0.2) is 115 Å². The van der Waals surface area contributed by atoms with Crippen LogP contribution in [0.25, 0.3) is 11.1 Å². The molecule has 0 saturated carbocycles. The van der Waals surface area contributed by atoms with Crippen molar-refractivity contribution in [2.45, 2.75) is 170 Å². The van der Waals surface area contributed by atoms with Gasteiger partial charge in [0, 0.05) is 45.7 Å². The van der Waals surface area contributed by atoms with E-state index >= 15 is 9.59 Å².